The summed E-state index contributed by atoms with van der Waals surface area (Å²) in [7, 11) is 0. The van der Waals surface area contributed by atoms with Gasteiger partial charge in [-0.15, -0.1) is 11.3 Å². The second-order valence-corrected chi connectivity index (χ2v) is 7.37. The molecule has 3 rings (SSSR count). The van der Waals surface area contributed by atoms with Gasteiger partial charge in [-0.25, -0.2) is 4.98 Å². The van der Waals surface area contributed by atoms with Crippen LogP contribution in [0.4, 0.5) is 5.69 Å². The van der Waals surface area contributed by atoms with E-state index in [0.29, 0.717) is 21.9 Å². The van der Waals surface area contributed by atoms with E-state index in [0.717, 1.165) is 21.7 Å². The number of thiophene rings is 1. The SMILES string of the molecule is CCc1cc2c(=O)n(CC(=O)Nc3ccc(C)c(Cl)c3)c(C)nc2s1. The average molecular weight is 376 g/mol. The summed E-state index contributed by atoms with van der Waals surface area (Å²) in [6, 6.07) is 7.17. The van der Waals surface area contributed by atoms with Crippen molar-refractivity contribution in [2.24, 2.45) is 0 Å². The highest BCUT2D eigenvalue weighted by molar-refractivity contribution is 7.18. The minimum absolute atomic E-state index is 0.0869. The van der Waals surface area contributed by atoms with Crippen LogP contribution in [0.5, 0.6) is 0 Å². The minimum atomic E-state index is -0.294. The summed E-state index contributed by atoms with van der Waals surface area (Å²) in [4.78, 5) is 31.3. The molecular formula is C18H18ClN3O2S. The first-order valence-electron chi connectivity index (χ1n) is 7.95. The van der Waals surface area contributed by atoms with E-state index in [4.69, 9.17) is 11.6 Å². The van der Waals surface area contributed by atoms with E-state index in [1.807, 2.05) is 26.0 Å². The standard InChI is InChI=1S/C18H18ClN3O2S/c1-4-13-8-14-17(25-13)20-11(3)22(18(14)24)9-16(23)21-12-6-5-10(2)15(19)7-12/h5-8H,4,9H2,1-3H3,(H,21,23). The Morgan fingerprint density at radius 1 is 1.32 bits per heavy atom. The van der Waals surface area contributed by atoms with Crippen LogP contribution in [0.3, 0.4) is 0 Å². The zero-order chi connectivity index (χ0) is 18.1. The summed E-state index contributed by atoms with van der Waals surface area (Å²) in [5, 5.41) is 3.92. The molecule has 130 valence electrons. The van der Waals surface area contributed by atoms with Crippen LogP contribution in [0.1, 0.15) is 23.2 Å². The van der Waals surface area contributed by atoms with Crippen LogP contribution < -0.4 is 10.9 Å². The second kappa shape index (κ2) is 6.98. The number of halogens is 1. The Morgan fingerprint density at radius 2 is 2.08 bits per heavy atom. The van der Waals surface area contributed by atoms with Crippen LogP contribution in [0.2, 0.25) is 5.02 Å². The molecule has 0 saturated carbocycles. The van der Waals surface area contributed by atoms with Gasteiger partial charge in [0.1, 0.15) is 17.2 Å². The molecule has 2 heterocycles. The molecule has 1 amide bonds. The molecule has 25 heavy (non-hydrogen) atoms. The molecule has 5 nitrogen and oxygen atoms in total. The Bertz CT molecular complexity index is 1020. The lowest BCUT2D eigenvalue weighted by Gasteiger charge is -2.10. The first-order chi connectivity index (χ1) is 11.9. The van der Waals surface area contributed by atoms with Gasteiger partial charge < -0.3 is 5.32 Å². The van der Waals surface area contributed by atoms with Crippen molar-refractivity contribution in [1.82, 2.24) is 9.55 Å². The summed E-state index contributed by atoms with van der Waals surface area (Å²) in [6.07, 6.45) is 0.855. The monoisotopic (exact) mass is 375 g/mol. The number of nitrogens with zero attached hydrogens (tertiary/aromatic N) is 2. The number of anilines is 1. The van der Waals surface area contributed by atoms with Gasteiger partial charge in [0.2, 0.25) is 5.91 Å². The van der Waals surface area contributed by atoms with Gasteiger partial charge in [-0.3, -0.25) is 14.2 Å². The molecule has 0 aliphatic carbocycles. The van der Waals surface area contributed by atoms with Gasteiger partial charge in [0.25, 0.3) is 5.56 Å². The topological polar surface area (TPSA) is 64.0 Å². The van der Waals surface area contributed by atoms with Gasteiger partial charge in [-0.05, 0) is 44.0 Å². The van der Waals surface area contributed by atoms with Crippen LogP contribution in [-0.2, 0) is 17.8 Å². The van der Waals surface area contributed by atoms with Crippen molar-refractivity contribution >= 4 is 44.7 Å². The van der Waals surface area contributed by atoms with Crippen LogP contribution >= 0.6 is 22.9 Å². The van der Waals surface area contributed by atoms with E-state index in [2.05, 4.69) is 10.3 Å². The number of nitrogens with one attached hydrogen (secondary N) is 1. The molecule has 1 N–H and O–H groups in total. The number of benzene rings is 1. The van der Waals surface area contributed by atoms with Gasteiger partial charge in [-0.2, -0.15) is 0 Å². The highest BCUT2D eigenvalue weighted by atomic mass is 35.5. The molecule has 1 aromatic carbocycles. The van der Waals surface area contributed by atoms with Gasteiger partial charge in [0.05, 0.1) is 5.39 Å². The summed E-state index contributed by atoms with van der Waals surface area (Å²) >= 11 is 7.59. The molecule has 3 aromatic rings. The van der Waals surface area contributed by atoms with E-state index in [1.54, 1.807) is 19.1 Å². The number of amides is 1. The average Bonchev–Trinajstić information content (AvgIpc) is 2.98. The lowest BCUT2D eigenvalue weighted by molar-refractivity contribution is -0.116. The molecule has 0 aliphatic rings. The van der Waals surface area contributed by atoms with E-state index in [-0.39, 0.29) is 18.0 Å². The van der Waals surface area contributed by atoms with Crippen LogP contribution in [-0.4, -0.2) is 15.5 Å². The largest absolute Gasteiger partial charge is 0.324 e. The van der Waals surface area contributed by atoms with Gasteiger partial charge >= 0.3 is 0 Å². The zero-order valence-corrected chi connectivity index (χ0v) is 15.8. The fourth-order valence-electron chi connectivity index (χ4n) is 2.54. The van der Waals surface area contributed by atoms with Gasteiger partial charge in [0.15, 0.2) is 0 Å². The number of hydrogen-bond acceptors (Lipinski definition) is 4. The number of hydrogen-bond donors (Lipinski definition) is 1. The molecule has 0 spiro atoms. The quantitative estimate of drug-likeness (QED) is 0.751. The Balaban J connectivity index is 1.87. The maximum absolute atomic E-state index is 12.7. The maximum atomic E-state index is 12.7. The van der Waals surface area contributed by atoms with Crippen molar-refractivity contribution in [3.05, 3.63) is 55.9 Å². The fraction of sp³-hybridized carbons (Fsp3) is 0.278. The predicted octanol–water partition coefficient (Wildman–Crippen LogP) is 3.93. The second-order valence-electron chi connectivity index (χ2n) is 5.85. The maximum Gasteiger partial charge on any atom is 0.262 e. The van der Waals surface area contributed by atoms with E-state index in [1.165, 1.54) is 15.9 Å². The molecule has 0 fully saturated rings. The fourth-order valence-corrected chi connectivity index (χ4v) is 3.73. The number of carbonyl (C=O) groups is 1. The molecule has 7 heteroatoms. The molecule has 0 saturated heterocycles. The number of carbonyl (C=O) groups excluding carboxylic acids is 1. The highest BCUT2D eigenvalue weighted by Gasteiger charge is 2.14. The number of rotatable bonds is 4. The molecule has 0 radical (unpaired) electrons. The normalized spacial score (nSPS) is 11.0. The Labute approximate surface area is 154 Å². The third-order valence-electron chi connectivity index (χ3n) is 4.00. The van der Waals surface area contributed by atoms with Gasteiger partial charge in [0, 0.05) is 15.6 Å². The first-order valence-corrected chi connectivity index (χ1v) is 9.14. The Kier molecular flexibility index (Phi) is 4.92. The van der Waals surface area contributed by atoms with E-state index >= 15 is 0 Å². The Morgan fingerprint density at radius 3 is 2.76 bits per heavy atom. The van der Waals surface area contributed by atoms with E-state index < -0.39 is 0 Å². The molecule has 2 aromatic heterocycles. The number of aromatic nitrogens is 2. The summed E-state index contributed by atoms with van der Waals surface area (Å²) in [5.74, 6) is 0.233. The predicted molar refractivity (Wildman–Crippen MR) is 103 cm³/mol. The van der Waals surface area contributed by atoms with Gasteiger partial charge in [-0.1, -0.05) is 24.6 Å². The lowest BCUT2D eigenvalue weighted by atomic mass is 10.2. The van der Waals surface area contributed by atoms with Crippen molar-refractivity contribution in [1.29, 1.82) is 0 Å². The lowest BCUT2D eigenvalue weighted by Crippen LogP contribution is -2.29. The van der Waals surface area contributed by atoms with Crippen molar-refractivity contribution in [3.8, 4) is 0 Å². The Hall–Kier alpha value is -2.18. The minimum Gasteiger partial charge on any atom is -0.324 e. The van der Waals surface area contributed by atoms with Crippen molar-refractivity contribution < 1.29 is 4.79 Å². The molecule has 0 atom stereocenters. The molecule has 0 aliphatic heterocycles. The first kappa shape index (κ1) is 17.6. The number of fused-ring (bicyclic) bond motifs is 1. The van der Waals surface area contributed by atoms with Crippen molar-refractivity contribution in [3.63, 3.8) is 0 Å². The summed E-state index contributed by atoms with van der Waals surface area (Å²) in [5.41, 5.74) is 1.35. The smallest absolute Gasteiger partial charge is 0.262 e. The summed E-state index contributed by atoms with van der Waals surface area (Å²) in [6.45, 7) is 5.58. The third kappa shape index (κ3) is 3.60. The summed E-state index contributed by atoms with van der Waals surface area (Å²) < 4.78 is 1.40. The third-order valence-corrected chi connectivity index (χ3v) is 5.58. The highest BCUT2D eigenvalue weighted by Crippen LogP contribution is 2.22. The van der Waals surface area contributed by atoms with E-state index in [9.17, 15) is 9.59 Å². The molecule has 0 unspecified atom stereocenters. The zero-order valence-electron chi connectivity index (χ0n) is 14.2. The van der Waals surface area contributed by atoms with Crippen LogP contribution in [0.25, 0.3) is 10.2 Å². The van der Waals surface area contributed by atoms with Crippen molar-refractivity contribution in [2.75, 3.05) is 5.32 Å². The van der Waals surface area contributed by atoms with Crippen LogP contribution in [0.15, 0.2) is 29.1 Å². The molecule has 0 bridgehead atoms. The van der Waals surface area contributed by atoms with Crippen molar-refractivity contribution in [2.45, 2.75) is 33.7 Å². The number of aryl methyl sites for hydroxylation is 3. The molecular weight excluding hydrogens is 358 g/mol. The van der Waals surface area contributed by atoms with Crippen LogP contribution in [0, 0.1) is 13.8 Å².